The highest BCUT2D eigenvalue weighted by atomic mass is 16.4. The molecule has 0 saturated carbocycles. The van der Waals surface area contributed by atoms with E-state index in [0.29, 0.717) is 18.9 Å². The van der Waals surface area contributed by atoms with Gasteiger partial charge in [0.05, 0.1) is 13.0 Å². The van der Waals surface area contributed by atoms with Crippen LogP contribution < -0.4 is 11.1 Å². The van der Waals surface area contributed by atoms with Gasteiger partial charge in [0.1, 0.15) is 12.4 Å². The molecule has 10 heteroatoms. The quantitative estimate of drug-likeness (QED) is 0.590. The molecular formula is C10H14N6O4. The van der Waals surface area contributed by atoms with E-state index in [9.17, 15) is 14.4 Å². The Morgan fingerprint density at radius 1 is 1.45 bits per heavy atom. The van der Waals surface area contributed by atoms with Gasteiger partial charge in [-0.05, 0) is 0 Å². The Labute approximate surface area is 113 Å². The van der Waals surface area contributed by atoms with Gasteiger partial charge in [0.25, 0.3) is 0 Å². The summed E-state index contributed by atoms with van der Waals surface area (Å²) in [6.45, 7) is 1.16. The van der Waals surface area contributed by atoms with Crippen molar-refractivity contribution in [3.8, 4) is 0 Å². The molecule has 1 unspecified atom stereocenters. The third kappa shape index (κ3) is 3.02. The van der Waals surface area contributed by atoms with Gasteiger partial charge in [0.2, 0.25) is 5.91 Å². The van der Waals surface area contributed by atoms with Crippen LogP contribution in [0.3, 0.4) is 0 Å². The highest BCUT2D eigenvalue weighted by molar-refractivity contribution is 5.87. The molecule has 1 aliphatic rings. The average molecular weight is 282 g/mol. The van der Waals surface area contributed by atoms with Gasteiger partial charge >= 0.3 is 12.0 Å². The molecule has 10 nitrogen and oxygen atoms in total. The van der Waals surface area contributed by atoms with Gasteiger partial charge < -0.3 is 25.6 Å². The van der Waals surface area contributed by atoms with Crippen LogP contribution in [0, 0.1) is 0 Å². The molecule has 0 spiro atoms. The number of amides is 3. The van der Waals surface area contributed by atoms with Gasteiger partial charge in [0, 0.05) is 13.1 Å². The zero-order chi connectivity index (χ0) is 14.7. The molecule has 2 rings (SSSR count). The highest BCUT2D eigenvalue weighted by Gasteiger charge is 2.27. The van der Waals surface area contributed by atoms with E-state index < -0.39 is 30.4 Å². The second-order valence-electron chi connectivity index (χ2n) is 4.37. The van der Waals surface area contributed by atoms with Gasteiger partial charge in [-0.2, -0.15) is 0 Å². The van der Waals surface area contributed by atoms with Gasteiger partial charge in [-0.3, -0.25) is 4.79 Å². The monoisotopic (exact) mass is 282 g/mol. The summed E-state index contributed by atoms with van der Waals surface area (Å²) in [5.74, 6) is -1.48. The summed E-state index contributed by atoms with van der Waals surface area (Å²) >= 11 is 0. The van der Waals surface area contributed by atoms with Crippen LogP contribution in [0.25, 0.3) is 0 Å². The van der Waals surface area contributed by atoms with Crippen molar-refractivity contribution in [1.82, 2.24) is 25.0 Å². The highest BCUT2D eigenvalue weighted by Crippen LogP contribution is 2.09. The van der Waals surface area contributed by atoms with Gasteiger partial charge in [-0.1, -0.05) is 0 Å². The third-order valence-electron chi connectivity index (χ3n) is 2.93. The van der Waals surface area contributed by atoms with Crippen LogP contribution >= 0.6 is 0 Å². The lowest BCUT2D eigenvalue weighted by atomic mass is 10.2. The van der Waals surface area contributed by atoms with E-state index >= 15 is 0 Å². The first-order valence-electron chi connectivity index (χ1n) is 5.90. The number of hydrogen-bond donors (Lipinski definition) is 3. The number of nitrogens with two attached hydrogens (primary N) is 1. The minimum atomic E-state index is -1.33. The summed E-state index contributed by atoms with van der Waals surface area (Å²) in [6.07, 6.45) is 1.11. The predicted molar refractivity (Wildman–Crippen MR) is 64.2 cm³/mol. The minimum absolute atomic E-state index is 0.231. The summed E-state index contributed by atoms with van der Waals surface area (Å²) in [4.78, 5) is 35.1. The molecule has 1 aromatic heterocycles. The first kappa shape index (κ1) is 13.8. The topological polar surface area (TPSA) is 143 Å². The predicted octanol–water partition coefficient (Wildman–Crippen LogP) is -1.87. The number of aromatic nitrogens is 3. The maximum absolute atomic E-state index is 12.0. The van der Waals surface area contributed by atoms with Gasteiger partial charge in [0.15, 0.2) is 5.82 Å². The molecule has 4 N–H and O–H groups in total. The summed E-state index contributed by atoms with van der Waals surface area (Å²) in [5.41, 5.74) is 4.95. The molecule has 3 amide bonds. The first-order chi connectivity index (χ1) is 9.47. The lowest BCUT2D eigenvalue weighted by molar-refractivity contribution is -0.141. The number of primary amides is 1. The smallest absolute Gasteiger partial charge is 0.326 e. The van der Waals surface area contributed by atoms with Crippen molar-refractivity contribution < 1.29 is 19.5 Å². The molecule has 0 radical (unpaired) electrons. The first-order valence-corrected chi connectivity index (χ1v) is 5.90. The van der Waals surface area contributed by atoms with E-state index in [4.69, 9.17) is 10.8 Å². The number of carbonyl (C=O) groups is 3. The molecule has 1 aliphatic heterocycles. The number of nitrogens with zero attached hydrogens (tertiary/aromatic N) is 4. The summed E-state index contributed by atoms with van der Waals surface area (Å²) in [7, 11) is 0. The number of carbonyl (C=O) groups excluding carboxylic acids is 2. The molecule has 1 atom stereocenters. The Kier molecular flexibility index (Phi) is 3.82. The summed E-state index contributed by atoms with van der Waals surface area (Å²) in [6, 6.07) is -1.91. The maximum atomic E-state index is 12.0. The number of fused-ring (bicyclic) bond motifs is 1. The Bertz CT molecular complexity index is 542. The van der Waals surface area contributed by atoms with E-state index in [2.05, 4.69) is 15.5 Å². The van der Waals surface area contributed by atoms with Crippen molar-refractivity contribution in [3.05, 3.63) is 12.2 Å². The number of aliphatic carboxylic acids is 1. The Hall–Kier alpha value is -2.65. The number of carboxylic acid groups (broad SMARTS) is 1. The van der Waals surface area contributed by atoms with Gasteiger partial charge in [-0.15, -0.1) is 10.2 Å². The van der Waals surface area contributed by atoms with Crippen LogP contribution in [0.5, 0.6) is 0 Å². The van der Waals surface area contributed by atoms with Crippen LogP contribution in [-0.4, -0.2) is 55.3 Å². The fourth-order valence-corrected chi connectivity index (χ4v) is 1.88. The van der Waals surface area contributed by atoms with E-state index in [1.54, 1.807) is 6.33 Å². The fourth-order valence-electron chi connectivity index (χ4n) is 1.88. The van der Waals surface area contributed by atoms with E-state index in [0.717, 1.165) is 0 Å². The molecular weight excluding hydrogens is 268 g/mol. The molecule has 20 heavy (non-hydrogen) atoms. The molecule has 2 heterocycles. The second kappa shape index (κ2) is 5.55. The van der Waals surface area contributed by atoms with Crippen LogP contribution in [0.4, 0.5) is 4.79 Å². The fraction of sp³-hybridized carbons (Fsp3) is 0.500. The average Bonchev–Trinajstić information content (AvgIpc) is 2.84. The Balaban J connectivity index is 1.98. The van der Waals surface area contributed by atoms with Gasteiger partial charge in [-0.25, -0.2) is 9.59 Å². The number of carboxylic acids is 1. The third-order valence-corrected chi connectivity index (χ3v) is 2.93. The van der Waals surface area contributed by atoms with Crippen molar-refractivity contribution in [3.63, 3.8) is 0 Å². The van der Waals surface area contributed by atoms with Crippen molar-refractivity contribution in [2.45, 2.75) is 25.6 Å². The van der Waals surface area contributed by atoms with Crippen molar-refractivity contribution >= 4 is 17.9 Å². The number of rotatable bonds is 4. The van der Waals surface area contributed by atoms with Crippen LogP contribution in [0.2, 0.25) is 0 Å². The normalized spacial score (nSPS) is 15.3. The molecule has 0 aromatic carbocycles. The van der Waals surface area contributed by atoms with Crippen LogP contribution in [-0.2, 0) is 22.7 Å². The molecule has 0 bridgehead atoms. The zero-order valence-corrected chi connectivity index (χ0v) is 10.5. The van der Waals surface area contributed by atoms with Crippen molar-refractivity contribution in [1.29, 1.82) is 0 Å². The summed E-state index contributed by atoms with van der Waals surface area (Å²) < 4.78 is 1.81. The minimum Gasteiger partial charge on any atom is -0.480 e. The number of hydrogen-bond acceptors (Lipinski definition) is 5. The van der Waals surface area contributed by atoms with E-state index in [1.807, 2.05) is 4.57 Å². The van der Waals surface area contributed by atoms with Crippen molar-refractivity contribution in [2.75, 3.05) is 6.54 Å². The number of nitrogens with one attached hydrogen (secondary N) is 1. The number of urea groups is 1. The van der Waals surface area contributed by atoms with E-state index in [1.165, 1.54) is 4.90 Å². The Morgan fingerprint density at radius 3 is 2.85 bits per heavy atom. The zero-order valence-electron chi connectivity index (χ0n) is 10.5. The molecule has 108 valence electrons. The molecule has 0 saturated heterocycles. The standard InChI is InChI=1S/C10H14N6O4/c11-7(17)3-6(9(18)19)13-10(20)15-1-2-16-5-12-14-8(16)4-15/h5-6H,1-4H2,(H2,11,17)(H,13,20)(H,18,19). The largest absolute Gasteiger partial charge is 0.480 e. The molecule has 1 aromatic rings. The Morgan fingerprint density at radius 2 is 2.20 bits per heavy atom. The van der Waals surface area contributed by atoms with E-state index in [-0.39, 0.29) is 6.54 Å². The lowest BCUT2D eigenvalue weighted by Crippen LogP contribution is -2.51. The summed E-state index contributed by atoms with van der Waals surface area (Å²) in [5, 5.41) is 18.8. The van der Waals surface area contributed by atoms with Crippen LogP contribution in [0.15, 0.2) is 6.33 Å². The van der Waals surface area contributed by atoms with Crippen LogP contribution in [0.1, 0.15) is 12.2 Å². The molecule has 0 aliphatic carbocycles. The lowest BCUT2D eigenvalue weighted by Gasteiger charge is -2.28. The SMILES string of the molecule is NC(=O)CC(NC(=O)N1CCn2cnnc2C1)C(=O)O. The van der Waals surface area contributed by atoms with Crippen molar-refractivity contribution in [2.24, 2.45) is 5.73 Å². The molecule has 0 fully saturated rings. The maximum Gasteiger partial charge on any atom is 0.326 e. The second-order valence-corrected chi connectivity index (χ2v) is 4.37.